The number of amides is 1. The van der Waals surface area contributed by atoms with E-state index in [4.69, 9.17) is 0 Å². The van der Waals surface area contributed by atoms with Gasteiger partial charge in [-0.1, -0.05) is 0 Å². The molecule has 0 atom stereocenters. The average molecular weight is 308 g/mol. The SMILES string of the molecule is CC(=O)Nc1ccc(S(=O)(=O)Nc2cnn(C)c2C)cc1. The van der Waals surface area contributed by atoms with Gasteiger partial charge in [0.2, 0.25) is 5.91 Å². The molecule has 8 heteroatoms. The predicted molar refractivity (Wildman–Crippen MR) is 79.5 cm³/mol. The Bertz CT molecular complexity index is 763. The molecule has 1 aromatic heterocycles. The third kappa shape index (κ3) is 3.40. The van der Waals surface area contributed by atoms with E-state index < -0.39 is 10.0 Å². The first-order valence-corrected chi connectivity index (χ1v) is 7.67. The summed E-state index contributed by atoms with van der Waals surface area (Å²) < 4.78 is 28.6. The second kappa shape index (κ2) is 5.57. The van der Waals surface area contributed by atoms with Crippen molar-refractivity contribution in [3.63, 3.8) is 0 Å². The summed E-state index contributed by atoms with van der Waals surface area (Å²) in [5.41, 5.74) is 1.69. The number of aryl methyl sites for hydroxylation is 1. The number of benzene rings is 1. The molecule has 2 N–H and O–H groups in total. The summed E-state index contributed by atoms with van der Waals surface area (Å²) in [4.78, 5) is 11.0. The van der Waals surface area contributed by atoms with Crippen molar-refractivity contribution in [3.8, 4) is 0 Å². The minimum absolute atomic E-state index is 0.111. The maximum absolute atomic E-state index is 12.3. The monoisotopic (exact) mass is 308 g/mol. The van der Waals surface area contributed by atoms with Crippen LogP contribution in [0, 0.1) is 6.92 Å². The molecule has 21 heavy (non-hydrogen) atoms. The van der Waals surface area contributed by atoms with Crippen molar-refractivity contribution in [1.82, 2.24) is 9.78 Å². The first kappa shape index (κ1) is 15.0. The van der Waals surface area contributed by atoms with Gasteiger partial charge in [-0.05, 0) is 31.2 Å². The molecule has 0 aliphatic rings. The highest BCUT2D eigenvalue weighted by molar-refractivity contribution is 7.92. The number of sulfonamides is 1. The Kier molecular flexibility index (Phi) is 3.99. The molecule has 0 aliphatic carbocycles. The van der Waals surface area contributed by atoms with Crippen LogP contribution in [0.1, 0.15) is 12.6 Å². The minimum atomic E-state index is -3.68. The molecule has 2 rings (SSSR count). The summed E-state index contributed by atoms with van der Waals surface area (Å²) in [6.07, 6.45) is 1.46. The van der Waals surface area contributed by atoms with E-state index in [2.05, 4.69) is 15.1 Å². The lowest BCUT2D eigenvalue weighted by molar-refractivity contribution is -0.114. The summed E-state index contributed by atoms with van der Waals surface area (Å²) in [5.74, 6) is -0.213. The van der Waals surface area contributed by atoms with E-state index in [1.165, 1.54) is 37.4 Å². The van der Waals surface area contributed by atoms with Crippen molar-refractivity contribution in [2.24, 2.45) is 7.05 Å². The predicted octanol–water partition coefficient (Wildman–Crippen LogP) is 1.49. The van der Waals surface area contributed by atoms with E-state index in [0.29, 0.717) is 17.1 Å². The highest BCUT2D eigenvalue weighted by Gasteiger charge is 2.16. The molecule has 0 saturated carbocycles. The van der Waals surface area contributed by atoms with Gasteiger partial charge in [-0.3, -0.25) is 14.2 Å². The fourth-order valence-electron chi connectivity index (χ4n) is 1.72. The zero-order chi connectivity index (χ0) is 15.6. The molecule has 1 aromatic carbocycles. The zero-order valence-electron chi connectivity index (χ0n) is 11.9. The van der Waals surface area contributed by atoms with Crippen LogP contribution in [0.5, 0.6) is 0 Å². The maximum atomic E-state index is 12.3. The highest BCUT2D eigenvalue weighted by Crippen LogP contribution is 2.20. The van der Waals surface area contributed by atoms with Crippen LogP contribution >= 0.6 is 0 Å². The first-order valence-electron chi connectivity index (χ1n) is 6.18. The minimum Gasteiger partial charge on any atom is -0.326 e. The van der Waals surface area contributed by atoms with Crippen LogP contribution in [0.15, 0.2) is 35.4 Å². The van der Waals surface area contributed by atoms with Crippen molar-refractivity contribution >= 4 is 27.3 Å². The Morgan fingerprint density at radius 2 is 1.86 bits per heavy atom. The van der Waals surface area contributed by atoms with Crippen molar-refractivity contribution in [3.05, 3.63) is 36.2 Å². The van der Waals surface area contributed by atoms with Gasteiger partial charge in [-0.15, -0.1) is 0 Å². The number of hydrogen-bond acceptors (Lipinski definition) is 4. The van der Waals surface area contributed by atoms with Crippen LogP contribution in [-0.2, 0) is 21.9 Å². The fourth-order valence-corrected chi connectivity index (χ4v) is 2.83. The van der Waals surface area contributed by atoms with Crippen LogP contribution in [0.25, 0.3) is 0 Å². The lowest BCUT2D eigenvalue weighted by Crippen LogP contribution is -2.13. The van der Waals surface area contributed by atoms with Gasteiger partial charge in [0.25, 0.3) is 10.0 Å². The Morgan fingerprint density at radius 3 is 2.33 bits per heavy atom. The van der Waals surface area contributed by atoms with E-state index in [0.717, 1.165) is 0 Å². The molecular weight excluding hydrogens is 292 g/mol. The summed E-state index contributed by atoms with van der Waals surface area (Å²) in [6.45, 7) is 3.15. The molecule has 2 aromatic rings. The van der Waals surface area contributed by atoms with Crippen LogP contribution < -0.4 is 10.0 Å². The van der Waals surface area contributed by atoms with Crippen molar-refractivity contribution in [2.45, 2.75) is 18.7 Å². The molecule has 7 nitrogen and oxygen atoms in total. The van der Waals surface area contributed by atoms with Gasteiger partial charge >= 0.3 is 0 Å². The summed E-state index contributed by atoms with van der Waals surface area (Å²) in [5, 5.41) is 6.56. The number of carbonyl (C=O) groups excluding carboxylic acids is 1. The van der Waals surface area contributed by atoms with Gasteiger partial charge < -0.3 is 5.32 Å². The zero-order valence-corrected chi connectivity index (χ0v) is 12.7. The van der Waals surface area contributed by atoms with E-state index in [1.54, 1.807) is 18.7 Å². The lowest BCUT2D eigenvalue weighted by atomic mass is 10.3. The molecule has 0 unspecified atom stereocenters. The Labute approximate surface area is 123 Å². The van der Waals surface area contributed by atoms with E-state index in [9.17, 15) is 13.2 Å². The third-order valence-corrected chi connectivity index (χ3v) is 4.35. The van der Waals surface area contributed by atoms with E-state index >= 15 is 0 Å². The smallest absolute Gasteiger partial charge is 0.262 e. The molecule has 0 saturated heterocycles. The molecule has 1 amide bonds. The average Bonchev–Trinajstić information content (AvgIpc) is 2.70. The van der Waals surface area contributed by atoms with Crippen LogP contribution in [-0.4, -0.2) is 24.1 Å². The van der Waals surface area contributed by atoms with Gasteiger partial charge in [-0.25, -0.2) is 8.42 Å². The highest BCUT2D eigenvalue weighted by atomic mass is 32.2. The topological polar surface area (TPSA) is 93.1 Å². The maximum Gasteiger partial charge on any atom is 0.262 e. The normalized spacial score (nSPS) is 11.2. The first-order chi connectivity index (χ1) is 9.79. The molecule has 0 radical (unpaired) electrons. The number of anilines is 2. The van der Waals surface area contributed by atoms with Crippen molar-refractivity contribution in [2.75, 3.05) is 10.0 Å². The fraction of sp³-hybridized carbons (Fsp3) is 0.231. The molecule has 0 bridgehead atoms. The van der Waals surface area contributed by atoms with Crippen molar-refractivity contribution < 1.29 is 13.2 Å². The van der Waals surface area contributed by atoms with Gasteiger partial charge in [0, 0.05) is 19.7 Å². The summed E-state index contributed by atoms with van der Waals surface area (Å²) in [7, 11) is -1.95. The van der Waals surface area contributed by atoms with E-state index in [1.807, 2.05) is 0 Å². The molecule has 0 fully saturated rings. The third-order valence-electron chi connectivity index (χ3n) is 2.96. The molecule has 1 heterocycles. The van der Waals surface area contributed by atoms with Crippen LogP contribution in [0.2, 0.25) is 0 Å². The number of nitrogens with zero attached hydrogens (tertiary/aromatic N) is 2. The Hall–Kier alpha value is -2.35. The second-order valence-electron chi connectivity index (χ2n) is 4.58. The molecule has 112 valence electrons. The van der Waals surface area contributed by atoms with E-state index in [-0.39, 0.29) is 10.8 Å². The van der Waals surface area contributed by atoms with Crippen LogP contribution in [0.4, 0.5) is 11.4 Å². The largest absolute Gasteiger partial charge is 0.326 e. The van der Waals surface area contributed by atoms with Crippen molar-refractivity contribution in [1.29, 1.82) is 0 Å². The number of carbonyl (C=O) groups is 1. The number of hydrogen-bond donors (Lipinski definition) is 2. The van der Waals surface area contributed by atoms with Crippen LogP contribution in [0.3, 0.4) is 0 Å². The lowest BCUT2D eigenvalue weighted by Gasteiger charge is -2.08. The number of aromatic nitrogens is 2. The van der Waals surface area contributed by atoms with Gasteiger partial charge in [0.1, 0.15) is 0 Å². The Morgan fingerprint density at radius 1 is 1.24 bits per heavy atom. The number of rotatable bonds is 4. The summed E-state index contributed by atoms with van der Waals surface area (Å²) in [6, 6.07) is 5.93. The molecule has 0 spiro atoms. The molecule has 0 aliphatic heterocycles. The van der Waals surface area contributed by atoms with Gasteiger partial charge in [-0.2, -0.15) is 5.10 Å². The second-order valence-corrected chi connectivity index (χ2v) is 6.26. The molecular formula is C13H16N4O3S. The standard InChI is InChI=1S/C13H16N4O3S/c1-9-13(8-14-17(9)3)16-21(19,20)12-6-4-11(5-7-12)15-10(2)18/h4-8,16H,1-3H3,(H,15,18). The van der Waals surface area contributed by atoms with Gasteiger partial charge in [0.15, 0.2) is 0 Å². The number of nitrogens with one attached hydrogen (secondary N) is 2. The summed E-state index contributed by atoms with van der Waals surface area (Å²) >= 11 is 0. The Balaban J connectivity index is 2.23. The van der Waals surface area contributed by atoms with Gasteiger partial charge in [0.05, 0.1) is 22.5 Å². The quantitative estimate of drug-likeness (QED) is 0.895.